The molecule has 14 heteroatoms. The summed E-state index contributed by atoms with van der Waals surface area (Å²) in [5.41, 5.74) is 1.81. The minimum atomic E-state index is -4.44. The first-order valence-corrected chi connectivity index (χ1v) is 12.1. The van der Waals surface area contributed by atoms with E-state index in [-0.39, 0.29) is 50.1 Å². The molecule has 0 saturated heterocycles. The van der Waals surface area contributed by atoms with Gasteiger partial charge in [0.05, 0.1) is 30.5 Å². The number of rotatable bonds is 10. The Kier molecular flexibility index (Phi) is 8.56. The number of benzene rings is 2. The summed E-state index contributed by atoms with van der Waals surface area (Å²) in [4.78, 5) is 25.0. The van der Waals surface area contributed by atoms with Gasteiger partial charge in [0.25, 0.3) is 0 Å². The molecule has 2 heterocycles. The van der Waals surface area contributed by atoms with Crippen LogP contribution in [0, 0.1) is 0 Å². The highest BCUT2D eigenvalue weighted by atomic mass is 19.4. The summed E-state index contributed by atoms with van der Waals surface area (Å²) in [5.74, 6) is 0.372. The van der Waals surface area contributed by atoms with Gasteiger partial charge >= 0.3 is 6.18 Å². The van der Waals surface area contributed by atoms with Crippen LogP contribution in [0.2, 0.25) is 0 Å². The fourth-order valence-electron chi connectivity index (χ4n) is 3.93. The minimum absolute atomic E-state index is 0.111. The van der Waals surface area contributed by atoms with Crippen molar-refractivity contribution in [3.05, 3.63) is 65.2 Å². The van der Waals surface area contributed by atoms with Crippen molar-refractivity contribution < 1.29 is 28.2 Å². The van der Waals surface area contributed by atoms with Crippen molar-refractivity contribution in [3.63, 3.8) is 0 Å². The van der Waals surface area contributed by atoms with Gasteiger partial charge in [-0.2, -0.15) is 33.2 Å². The summed E-state index contributed by atoms with van der Waals surface area (Å²) in [6, 6.07) is 11.4. The number of hydrogen-bond donors (Lipinski definition) is 5. The molecule has 206 valence electrons. The summed E-state index contributed by atoms with van der Waals surface area (Å²) < 4.78 is 38.9. The molecule has 1 aliphatic heterocycles. The molecule has 0 radical (unpaired) electrons. The predicted molar refractivity (Wildman–Crippen MR) is 139 cm³/mol. The van der Waals surface area contributed by atoms with Gasteiger partial charge in [-0.25, -0.2) is 5.01 Å². The van der Waals surface area contributed by atoms with E-state index in [0.29, 0.717) is 23.4 Å². The topological polar surface area (TPSA) is 148 Å². The number of aliphatic hydroxyl groups is 2. The van der Waals surface area contributed by atoms with Crippen LogP contribution in [-0.4, -0.2) is 68.1 Å². The molecule has 2 aromatic carbocycles. The third-order valence-electron chi connectivity index (χ3n) is 5.76. The largest absolute Gasteiger partial charge is 0.416 e. The molecule has 1 aliphatic rings. The van der Waals surface area contributed by atoms with Crippen LogP contribution in [0.1, 0.15) is 36.1 Å². The molecule has 0 spiro atoms. The van der Waals surface area contributed by atoms with Gasteiger partial charge < -0.3 is 26.2 Å². The van der Waals surface area contributed by atoms with Gasteiger partial charge in [-0.1, -0.05) is 24.3 Å². The Morgan fingerprint density at radius 2 is 1.49 bits per heavy atom. The number of halogens is 3. The number of alkyl halides is 3. The molecule has 0 aliphatic carbocycles. The first kappa shape index (κ1) is 27.7. The summed E-state index contributed by atoms with van der Waals surface area (Å²) >= 11 is 0. The molecule has 5 N–H and O–H groups in total. The third-order valence-corrected chi connectivity index (χ3v) is 5.76. The molecular weight excluding hydrogens is 517 g/mol. The van der Waals surface area contributed by atoms with Crippen molar-refractivity contribution in [1.82, 2.24) is 20.0 Å². The molecule has 0 fully saturated rings. The first-order chi connectivity index (χ1) is 18.7. The number of hydrogen-bond acceptors (Lipinski definition) is 10. The Labute approximate surface area is 221 Å². The van der Waals surface area contributed by atoms with Crippen LogP contribution < -0.4 is 16.0 Å². The number of hydrazone groups is 1. The highest BCUT2D eigenvalue weighted by Gasteiger charge is 2.33. The zero-order chi connectivity index (χ0) is 28.0. The lowest BCUT2D eigenvalue weighted by molar-refractivity contribution is -0.137. The van der Waals surface area contributed by atoms with Crippen LogP contribution in [0.4, 0.5) is 36.7 Å². The molecule has 39 heavy (non-hydrogen) atoms. The molecule has 1 aromatic heterocycles. The maximum Gasteiger partial charge on any atom is 0.416 e. The van der Waals surface area contributed by atoms with Crippen LogP contribution in [0.25, 0.3) is 0 Å². The highest BCUT2D eigenvalue weighted by Crippen LogP contribution is 2.35. The number of anilines is 4. The first-order valence-electron chi connectivity index (χ1n) is 12.1. The van der Waals surface area contributed by atoms with Gasteiger partial charge in [0.2, 0.25) is 23.8 Å². The highest BCUT2D eigenvalue weighted by molar-refractivity contribution is 6.03. The van der Waals surface area contributed by atoms with Crippen molar-refractivity contribution in [3.8, 4) is 0 Å². The summed E-state index contributed by atoms with van der Waals surface area (Å²) in [6.07, 6.45) is -4.10. The normalized spacial score (nSPS) is 15.2. The predicted octanol–water partition coefficient (Wildman–Crippen LogP) is 3.14. The van der Waals surface area contributed by atoms with Crippen LogP contribution in [0.5, 0.6) is 0 Å². The zero-order valence-electron chi connectivity index (χ0n) is 20.9. The number of amides is 1. The molecular formula is C25H27F3N8O3. The van der Waals surface area contributed by atoms with E-state index in [1.54, 1.807) is 24.3 Å². The van der Waals surface area contributed by atoms with E-state index >= 15 is 0 Å². The van der Waals surface area contributed by atoms with Crippen LogP contribution in [0.15, 0.2) is 53.6 Å². The van der Waals surface area contributed by atoms with Crippen molar-refractivity contribution in [2.75, 3.05) is 42.3 Å². The Morgan fingerprint density at radius 3 is 2.00 bits per heavy atom. The Bertz CT molecular complexity index is 1290. The standard InChI is InChI=1S/C25H27F3N8O3/c1-15(39)36-21(17-2-6-18(7-3-17)25(26,27)28)14-20(35-36)16-4-8-19(9-5-16)31-24-33-22(29-10-12-37)32-23(34-24)30-11-13-38/h2-9,21,37-38H,10-14H2,1H3,(H3,29,30,31,32,33,34). The molecule has 1 unspecified atom stereocenters. The number of carbonyl (C=O) groups is 1. The van der Waals surface area contributed by atoms with Gasteiger partial charge in [0.15, 0.2) is 0 Å². The quantitative estimate of drug-likeness (QED) is 0.260. The number of carbonyl (C=O) groups excluding carboxylic acids is 1. The zero-order valence-corrected chi connectivity index (χ0v) is 20.9. The average molecular weight is 545 g/mol. The second-order valence-corrected chi connectivity index (χ2v) is 8.56. The van der Waals surface area contributed by atoms with Gasteiger partial charge in [0, 0.05) is 32.1 Å². The Hall–Kier alpha value is -4.30. The number of aliphatic hydroxyl groups excluding tert-OH is 2. The smallest absolute Gasteiger partial charge is 0.395 e. The van der Waals surface area contributed by atoms with Crippen molar-refractivity contribution >= 4 is 35.2 Å². The van der Waals surface area contributed by atoms with Crippen LogP contribution in [0.3, 0.4) is 0 Å². The van der Waals surface area contributed by atoms with Crippen LogP contribution >= 0.6 is 0 Å². The lowest BCUT2D eigenvalue weighted by atomic mass is 9.97. The maximum atomic E-state index is 13.0. The molecule has 11 nitrogen and oxygen atoms in total. The van der Waals surface area contributed by atoms with E-state index in [0.717, 1.165) is 17.7 Å². The van der Waals surface area contributed by atoms with Crippen molar-refractivity contribution in [2.24, 2.45) is 5.10 Å². The fourth-order valence-corrected chi connectivity index (χ4v) is 3.93. The summed E-state index contributed by atoms with van der Waals surface area (Å²) in [6.45, 7) is 1.62. The van der Waals surface area contributed by atoms with Gasteiger partial charge in [-0.15, -0.1) is 0 Å². The van der Waals surface area contributed by atoms with E-state index in [1.807, 2.05) is 0 Å². The molecule has 1 atom stereocenters. The number of aromatic nitrogens is 3. The lowest BCUT2D eigenvalue weighted by Crippen LogP contribution is -2.24. The molecule has 4 rings (SSSR count). The summed E-state index contributed by atoms with van der Waals surface area (Å²) in [5, 5.41) is 32.7. The fraction of sp³-hybridized carbons (Fsp3) is 0.320. The lowest BCUT2D eigenvalue weighted by Gasteiger charge is -2.21. The van der Waals surface area contributed by atoms with Crippen molar-refractivity contribution in [1.29, 1.82) is 0 Å². The Balaban J connectivity index is 1.50. The van der Waals surface area contributed by atoms with Gasteiger partial charge in [0.1, 0.15) is 0 Å². The van der Waals surface area contributed by atoms with E-state index in [2.05, 4.69) is 36.0 Å². The Morgan fingerprint density at radius 1 is 0.923 bits per heavy atom. The maximum absolute atomic E-state index is 13.0. The van der Waals surface area contributed by atoms with E-state index in [9.17, 15) is 18.0 Å². The van der Waals surface area contributed by atoms with E-state index in [4.69, 9.17) is 10.2 Å². The molecule has 0 saturated carbocycles. The third kappa shape index (κ3) is 6.97. The van der Waals surface area contributed by atoms with E-state index in [1.165, 1.54) is 24.1 Å². The monoisotopic (exact) mass is 544 g/mol. The SMILES string of the molecule is CC(=O)N1N=C(c2ccc(Nc3nc(NCCO)nc(NCCO)n3)cc2)CC1c1ccc(C(F)(F)F)cc1. The molecule has 1 amide bonds. The van der Waals surface area contributed by atoms with Gasteiger partial charge in [-0.3, -0.25) is 4.79 Å². The van der Waals surface area contributed by atoms with Crippen molar-refractivity contribution in [2.45, 2.75) is 25.6 Å². The van der Waals surface area contributed by atoms with Crippen LogP contribution in [-0.2, 0) is 11.0 Å². The summed E-state index contributed by atoms with van der Waals surface area (Å²) in [7, 11) is 0. The van der Waals surface area contributed by atoms with Gasteiger partial charge in [-0.05, 0) is 35.4 Å². The minimum Gasteiger partial charge on any atom is -0.395 e. The second-order valence-electron chi connectivity index (χ2n) is 8.56. The number of nitrogens with zero attached hydrogens (tertiary/aromatic N) is 5. The van der Waals surface area contributed by atoms with E-state index < -0.39 is 17.8 Å². The number of nitrogens with one attached hydrogen (secondary N) is 3. The average Bonchev–Trinajstić information content (AvgIpc) is 3.37. The molecule has 3 aromatic rings. The molecule has 0 bridgehead atoms. The second kappa shape index (κ2) is 12.0.